The van der Waals surface area contributed by atoms with Crippen molar-refractivity contribution in [2.24, 2.45) is 0 Å². The highest BCUT2D eigenvalue weighted by molar-refractivity contribution is 6.36. The molecule has 0 fully saturated rings. The van der Waals surface area contributed by atoms with Crippen LogP contribution in [0.3, 0.4) is 0 Å². The van der Waals surface area contributed by atoms with Crippen LogP contribution in [-0.2, 0) is 17.9 Å². The van der Waals surface area contributed by atoms with Crippen LogP contribution in [-0.4, -0.2) is 36.5 Å². The number of anilines is 1. The zero-order valence-corrected chi connectivity index (χ0v) is 17.0. The smallest absolute Gasteiger partial charge is 0.257 e. The predicted molar refractivity (Wildman–Crippen MR) is 111 cm³/mol. The van der Waals surface area contributed by atoms with Gasteiger partial charge in [0, 0.05) is 6.20 Å². The second-order valence-electron chi connectivity index (χ2n) is 6.15. The predicted octanol–water partition coefficient (Wildman–Crippen LogP) is 4.02. The van der Waals surface area contributed by atoms with Crippen molar-refractivity contribution in [3.8, 4) is 11.5 Å². The molecule has 7 nitrogen and oxygen atoms in total. The second-order valence-corrected chi connectivity index (χ2v) is 6.52. The van der Waals surface area contributed by atoms with Gasteiger partial charge in [-0.25, -0.2) is 0 Å². The zero-order valence-electron chi connectivity index (χ0n) is 16.2. The largest absolute Gasteiger partial charge is 0.493 e. The maximum absolute atomic E-state index is 12.6. The van der Waals surface area contributed by atoms with Gasteiger partial charge in [-0.1, -0.05) is 41.9 Å². The number of hydrogen-bond donors (Lipinski definition) is 1. The van der Waals surface area contributed by atoms with Crippen LogP contribution in [0.25, 0.3) is 0 Å². The van der Waals surface area contributed by atoms with Gasteiger partial charge in [0.15, 0.2) is 11.5 Å². The Labute approximate surface area is 174 Å². The number of carbonyl (C=O) groups excluding carboxylic acids is 1. The number of halogens is 1. The average molecular weight is 416 g/mol. The minimum atomic E-state index is -0.365. The van der Waals surface area contributed by atoms with E-state index < -0.39 is 0 Å². The van der Waals surface area contributed by atoms with Crippen LogP contribution in [0.1, 0.15) is 15.9 Å². The lowest BCUT2D eigenvalue weighted by molar-refractivity contribution is 0.102. The van der Waals surface area contributed by atoms with Gasteiger partial charge in [-0.3, -0.25) is 9.48 Å². The number of nitrogens with zero attached hydrogens (tertiary/aromatic N) is 2. The molecule has 0 atom stereocenters. The summed E-state index contributed by atoms with van der Waals surface area (Å²) in [5, 5.41) is 7.20. The summed E-state index contributed by atoms with van der Waals surface area (Å²) in [7, 11) is 2.97. The molecule has 3 rings (SSSR count). The molecule has 8 heteroatoms. The molecule has 1 aromatic heterocycles. The normalized spacial score (nSPS) is 10.6. The molecule has 0 saturated heterocycles. The fourth-order valence-electron chi connectivity index (χ4n) is 2.74. The standard InChI is InChI=1S/C21H22ClN3O4/c1-27-18-9-8-17(19(22)20(18)28-2)21(26)24-16-12-23-25(13-16)10-11-29-14-15-6-4-3-5-7-15/h3-9,12-13H,10-11,14H2,1-2H3,(H,24,26). The van der Waals surface area contributed by atoms with E-state index in [2.05, 4.69) is 10.4 Å². The van der Waals surface area contributed by atoms with E-state index in [-0.39, 0.29) is 16.5 Å². The maximum Gasteiger partial charge on any atom is 0.257 e. The molecule has 152 valence electrons. The Morgan fingerprint density at radius 1 is 1.14 bits per heavy atom. The van der Waals surface area contributed by atoms with Gasteiger partial charge < -0.3 is 19.5 Å². The third kappa shape index (κ3) is 5.28. The van der Waals surface area contributed by atoms with Crippen LogP contribution in [0.5, 0.6) is 11.5 Å². The number of aromatic nitrogens is 2. The van der Waals surface area contributed by atoms with Gasteiger partial charge in [-0.15, -0.1) is 0 Å². The maximum atomic E-state index is 12.6. The van der Waals surface area contributed by atoms with Crippen molar-refractivity contribution in [1.82, 2.24) is 9.78 Å². The van der Waals surface area contributed by atoms with Crippen molar-refractivity contribution >= 4 is 23.2 Å². The Morgan fingerprint density at radius 2 is 1.93 bits per heavy atom. The first-order chi connectivity index (χ1) is 14.1. The third-order valence-corrected chi connectivity index (χ3v) is 4.57. The lowest BCUT2D eigenvalue weighted by atomic mass is 10.2. The molecule has 0 radical (unpaired) electrons. The van der Waals surface area contributed by atoms with Gasteiger partial charge in [0.2, 0.25) is 0 Å². The van der Waals surface area contributed by atoms with Gasteiger partial charge in [0.25, 0.3) is 5.91 Å². The van der Waals surface area contributed by atoms with E-state index in [0.29, 0.717) is 36.9 Å². The van der Waals surface area contributed by atoms with E-state index in [0.717, 1.165) is 5.56 Å². The summed E-state index contributed by atoms with van der Waals surface area (Å²) >= 11 is 6.29. The topological polar surface area (TPSA) is 74.6 Å². The fraction of sp³-hybridized carbons (Fsp3) is 0.238. The highest BCUT2D eigenvalue weighted by Gasteiger charge is 2.18. The fourth-order valence-corrected chi connectivity index (χ4v) is 3.05. The molecule has 3 aromatic rings. The quantitative estimate of drug-likeness (QED) is 0.534. The molecule has 1 amide bonds. The molecule has 0 spiro atoms. The Morgan fingerprint density at radius 3 is 2.66 bits per heavy atom. The number of benzene rings is 2. The number of ether oxygens (including phenoxy) is 3. The summed E-state index contributed by atoms with van der Waals surface area (Å²) in [4.78, 5) is 12.6. The lowest BCUT2D eigenvalue weighted by Crippen LogP contribution is -2.13. The Kier molecular flexibility index (Phi) is 7.10. The van der Waals surface area contributed by atoms with Gasteiger partial charge in [0.05, 0.1) is 56.4 Å². The van der Waals surface area contributed by atoms with Crippen molar-refractivity contribution in [3.05, 3.63) is 71.0 Å². The van der Waals surface area contributed by atoms with Crippen molar-refractivity contribution in [2.45, 2.75) is 13.2 Å². The molecule has 1 N–H and O–H groups in total. The molecule has 0 aliphatic rings. The average Bonchev–Trinajstić information content (AvgIpc) is 3.18. The van der Waals surface area contributed by atoms with Gasteiger partial charge in [0.1, 0.15) is 0 Å². The first-order valence-electron chi connectivity index (χ1n) is 8.98. The molecule has 1 heterocycles. The molecular weight excluding hydrogens is 394 g/mol. The highest BCUT2D eigenvalue weighted by atomic mass is 35.5. The van der Waals surface area contributed by atoms with Crippen LogP contribution in [0.4, 0.5) is 5.69 Å². The Bertz CT molecular complexity index is 960. The second kappa shape index (κ2) is 9.95. The van der Waals surface area contributed by atoms with Crippen molar-refractivity contribution in [3.63, 3.8) is 0 Å². The van der Waals surface area contributed by atoms with Crippen molar-refractivity contribution < 1.29 is 19.0 Å². The molecule has 29 heavy (non-hydrogen) atoms. The molecule has 2 aromatic carbocycles. The summed E-state index contributed by atoms with van der Waals surface area (Å²) in [5.41, 5.74) is 1.96. The summed E-state index contributed by atoms with van der Waals surface area (Å²) in [6.45, 7) is 1.62. The van der Waals surface area contributed by atoms with Crippen molar-refractivity contribution in [1.29, 1.82) is 0 Å². The molecular formula is C21H22ClN3O4. The molecule has 0 aliphatic heterocycles. The summed E-state index contributed by atoms with van der Waals surface area (Å²) in [5.74, 6) is 0.404. The van der Waals surface area contributed by atoms with Crippen LogP contribution in [0.15, 0.2) is 54.9 Å². The molecule has 0 bridgehead atoms. The number of carbonyl (C=O) groups is 1. The Hall–Kier alpha value is -3.03. The van der Waals surface area contributed by atoms with E-state index in [9.17, 15) is 4.79 Å². The van der Waals surface area contributed by atoms with Crippen molar-refractivity contribution in [2.75, 3.05) is 26.1 Å². The van der Waals surface area contributed by atoms with E-state index in [1.54, 1.807) is 29.2 Å². The van der Waals surface area contributed by atoms with E-state index in [1.165, 1.54) is 14.2 Å². The third-order valence-electron chi connectivity index (χ3n) is 4.20. The number of rotatable bonds is 9. The highest BCUT2D eigenvalue weighted by Crippen LogP contribution is 2.37. The summed E-state index contributed by atoms with van der Waals surface area (Å²) < 4.78 is 17.8. The zero-order chi connectivity index (χ0) is 20.6. The van der Waals surface area contributed by atoms with E-state index in [4.69, 9.17) is 25.8 Å². The van der Waals surface area contributed by atoms with Crippen LogP contribution < -0.4 is 14.8 Å². The number of methoxy groups -OCH3 is 2. The summed E-state index contributed by atoms with van der Waals surface area (Å²) in [6, 6.07) is 13.2. The first-order valence-corrected chi connectivity index (χ1v) is 9.36. The van der Waals surface area contributed by atoms with Crippen LogP contribution in [0, 0.1) is 0 Å². The van der Waals surface area contributed by atoms with Gasteiger partial charge in [-0.05, 0) is 17.7 Å². The van der Waals surface area contributed by atoms with Crippen LogP contribution >= 0.6 is 11.6 Å². The SMILES string of the molecule is COc1ccc(C(=O)Nc2cnn(CCOCc3ccccc3)c2)c(Cl)c1OC. The number of amides is 1. The minimum absolute atomic E-state index is 0.186. The van der Waals surface area contributed by atoms with Gasteiger partial charge in [-0.2, -0.15) is 5.10 Å². The monoisotopic (exact) mass is 415 g/mol. The van der Waals surface area contributed by atoms with Gasteiger partial charge >= 0.3 is 0 Å². The minimum Gasteiger partial charge on any atom is -0.493 e. The number of hydrogen-bond acceptors (Lipinski definition) is 5. The summed E-state index contributed by atoms with van der Waals surface area (Å²) in [6.07, 6.45) is 3.31. The van der Waals surface area contributed by atoms with E-state index in [1.807, 2.05) is 30.3 Å². The Balaban J connectivity index is 1.55. The lowest BCUT2D eigenvalue weighted by Gasteiger charge is -2.12. The molecule has 0 saturated carbocycles. The van der Waals surface area contributed by atoms with Crippen LogP contribution in [0.2, 0.25) is 5.02 Å². The first kappa shape index (κ1) is 20.7. The van der Waals surface area contributed by atoms with E-state index >= 15 is 0 Å². The number of nitrogens with one attached hydrogen (secondary N) is 1. The molecule has 0 aliphatic carbocycles. The molecule has 0 unspecified atom stereocenters.